The Morgan fingerprint density at radius 2 is 2.19 bits per heavy atom. The number of aromatic nitrogens is 1. The number of ether oxygens (including phenoxy) is 1. The number of fused-ring (bicyclic) bond motifs is 1. The maximum atomic E-state index is 11.9. The van der Waals surface area contributed by atoms with Crippen molar-refractivity contribution in [2.75, 3.05) is 19.8 Å². The molecule has 1 aromatic heterocycles. The average molecular weight is 304 g/mol. The van der Waals surface area contributed by atoms with E-state index >= 15 is 0 Å². The molecular weight excluding hydrogens is 281 g/mol. The lowest BCUT2D eigenvalue weighted by Gasteiger charge is -2.22. The van der Waals surface area contributed by atoms with Crippen LogP contribution in [0.1, 0.15) is 43.4 Å². The second kappa shape index (κ2) is 7.31. The third-order valence-corrected chi connectivity index (χ3v) is 3.73. The first-order chi connectivity index (χ1) is 9.99. The monoisotopic (exact) mass is 304 g/mol. The van der Waals surface area contributed by atoms with Gasteiger partial charge in [0, 0.05) is 31.6 Å². The zero-order valence-electron chi connectivity index (χ0n) is 12.4. The number of nitrogens with zero attached hydrogens (tertiary/aromatic N) is 1. The Hall–Kier alpha value is -1.01. The first-order valence-corrected chi connectivity index (χ1v) is 7.56. The molecule has 1 aliphatic rings. The Kier molecular flexibility index (Phi) is 5.70. The van der Waals surface area contributed by atoms with Gasteiger partial charge in [0.15, 0.2) is 0 Å². The summed E-state index contributed by atoms with van der Waals surface area (Å²) < 4.78 is 42.5. The molecule has 120 valence electrons. The van der Waals surface area contributed by atoms with Gasteiger partial charge in [0.2, 0.25) is 0 Å². The summed E-state index contributed by atoms with van der Waals surface area (Å²) in [5.41, 5.74) is 2.71. The molecule has 6 heteroatoms. The molecule has 0 bridgehead atoms. The fourth-order valence-corrected chi connectivity index (χ4v) is 2.87. The zero-order valence-corrected chi connectivity index (χ0v) is 12.4. The number of halogens is 3. The van der Waals surface area contributed by atoms with Crippen LogP contribution in [-0.2, 0) is 17.7 Å². The Bertz CT molecular complexity index is 443. The second-order valence-electron chi connectivity index (χ2n) is 5.50. The predicted octanol–water partition coefficient (Wildman–Crippen LogP) is 3.44. The molecule has 0 aromatic carbocycles. The van der Waals surface area contributed by atoms with E-state index in [2.05, 4.69) is 33.9 Å². The molecule has 2 rings (SSSR count). The number of nitrogens with one attached hydrogen (secondary N) is 1. The molecule has 1 unspecified atom stereocenters. The van der Waals surface area contributed by atoms with Crippen molar-refractivity contribution in [1.29, 1.82) is 0 Å². The minimum Gasteiger partial charge on any atom is -0.372 e. The van der Waals surface area contributed by atoms with E-state index in [0.717, 1.165) is 19.4 Å². The minimum atomic E-state index is -4.23. The predicted molar refractivity (Wildman–Crippen MR) is 75.3 cm³/mol. The molecule has 1 aromatic rings. The van der Waals surface area contributed by atoms with Crippen molar-refractivity contribution in [1.82, 2.24) is 9.88 Å². The summed E-state index contributed by atoms with van der Waals surface area (Å²) in [6, 6.07) is 0.418. The molecule has 3 nitrogen and oxygen atoms in total. The number of hydrogen-bond acceptors (Lipinski definition) is 2. The number of aryl methyl sites for hydroxylation is 2. The molecule has 1 aliphatic carbocycles. The molecule has 0 radical (unpaired) electrons. The highest BCUT2D eigenvalue weighted by molar-refractivity contribution is 5.30. The molecular formula is C15H23F3N2O. The summed E-state index contributed by atoms with van der Waals surface area (Å²) >= 11 is 0. The van der Waals surface area contributed by atoms with Gasteiger partial charge in [-0.25, -0.2) is 0 Å². The summed E-state index contributed by atoms with van der Waals surface area (Å²) in [7, 11) is 0. The van der Waals surface area contributed by atoms with Crippen LogP contribution in [0.25, 0.3) is 0 Å². The quantitative estimate of drug-likeness (QED) is 0.781. The van der Waals surface area contributed by atoms with Gasteiger partial charge in [0.05, 0.1) is 0 Å². The first-order valence-electron chi connectivity index (χ1n) is 7.56. The third-order valence-electron chi connectivity index (χ3n) is 3.73. The van der Waals surface area contributed by atoms with Crippen molar-refractivity contribution in [2.24, 2.45) is 0 Å². The summed E-state index contributed by atoms with van der Waals surface area (Å²) in [4.78, 5) is 0. The van der Waals surface area contributed by atoms with Crippen LogP contribution in [0, 0.1) is 0 Å². The Balaban J connectivity index is 1.80. The van der Waals surface area contributed by atoms with Crippen LogP contribution in [0.2, 0.25) is 0 Å². The number of hydrogen-bond donors (Lipinski definition) is 1. The van der Waals surface area contributed by atoms with Gasteiger partial charge in [0.1, 0.15) is 6.61 Å². The van der Waals surface area contributed by atoms with Gasteiger partial charge >= 0.3 is 6.18 Å². The van der Waals surface area contributed by atoms with Gasteiger partial charge in [-0.05, 0) is 43.4 Å². The molecule has 1 N–H and O–H groups in total. The Morgan fingerprint density at radius 3 is 2.90 bits per heavy atom. The van der Waals surface area contributed by atoms with Crippen LogP contribution >= 0.6 is 0 Å². The van der Waals surface area contributed by atoms with Crippen molar-refractivity contribution in [3.05, 3.63) is 23.5 Å². The fraction of sp³-hybridized carbons (Fsp3) is 0.733. The lowest BCUT2D eigenvalue weighted by molar-refractivity contribution is -0.174. The van der Waals surface area contributed by atoms with Crippen molar-refractivity contribution in [3.8, 4) is 0 Å². The summed E-state index contributed by atoms with van der Waals surface area (Å²) in [5.74, 6) is 0. The van der Waals surface area contributed by atoms with Crippen LogP contribution in [0.4, 0.5) is 13.2 Å². The SMILES string of the molecule is CCNC1CCCc2cn(CCCOCC(F)(F)F)cc21. The molecule has 0 aliphatic heterocycles. The van der Waals surface area contributed by atoms with Crippen molar-refractivity contribution in [2.45, 2.75) is 51.4 Å². The average Bonchev–Trinajstić information content (AvgIpc) is 2.81. The van der Waals surface area contributed by atoms with Crippen LogP contribution in [0.3, 0.4) is 0 Å². The van der Waals surface area contributed by atoms with Crippen molar-refractivity contribution < 1.29 is 17.9 Å². The first kappa shape index (κ1) is 16.4. The van der Waals surface area contributed by atoms with E-state index in [0.29, 0.717) is 19.0 Å². The molecule has 1 heterocycles. The molecule has 0 spiro atoms. The van der Waals surface area contributed by atoms with Crippen LogP contribution in [-0.4, -0.2) is 30.5 Å². The molecule has 0 fully saturated rings. The van der Waals surface area contributed by atoms with E-state index < -0.39 is 12.8 Å². The van der Waals surface area contributed by atoms with Crippen molar-refractivity contribution >= 4 is 0 Å². The van der Waals surface area contributed by atoms with Gasteiger partial charge in [-0.15, -0.1) is 0 Å². The van der Waals surface area contributed by atoms with Crippen molar-refractivity contribution in [3.63, 3.8) is 0 Å². The molecule has 1 atom stereocenters. The lowest BCUT2D eigenvalue weighted by Crippen LogP contribution is -2.23. The second-order valence-corrected chi connectivity index (χ2v) is 5.50. The Labute approximate surface area is 123 Å². The zero-order chi connectivity index (χ0) is 15.3. The minimum absolute atomic E-state index is 0.138. The van der Waals surface area contributed by atoms with E-state index in [1.165, 1.54) is 17.5 Å². The van der Waals surface area contributed by atoms with Gasteiger partial charge in [0.25, 0.3) is 0 Å². The maximum Gasteiger partial charge on any atom is 0.411 e. The smallest absolute Gasteiger partial charge is 0.372 e. The Morgan fingerprint density at radius 1 is 1.38 bits per heavy atom. The summed E-state index contributed by atoms with van der Waals surface area (Å²) in [6.07, 6.45) is 4.05. The van der Waals surface area contributed by atoms with Gasteiger partial charge in [-0.3, -0.25) is 0 Å². The summed E-state index contributed by atoms with van der Waals surface area (Å²) in [5, 5.41) is 3.48. The fourth-order valence-electron chi connectivity index (χ4n) is 2.87. The third kappa shape index (κ3) is 5.04. The maximum absolute atomic E-state index is 11.9. The van der Waals surface area contributed by atoms with E-state index in [9.17, 15) is 13.2 Å². The van der Waals surface area contributed by atoms with E-state index in [1.807, 2.05) is 0 Å². The van der Waals surface area contributed by atoms with Gasteiger partial charge in [-0.2, -0.15) is 13.2 Å². The topological polar surface area (TPSA) is 26.2 Å². The highest BCUT2D eigenvalue weighted by Gasteiger charge is 2.27. The highest BCUT2D eigenvalue weighted by atomic mass is 19.4. The molecule has 0 saturated carbocycles. The summed E-state index contributed by atoms with van der Waals surface area (Å²) in [6.45, 7) is 2.73. The van der Waals surface area contributed by atoms with Crippen LogP contribution in [0.5, 0.6) is 0 Å². The van der Waals surface area contributed by atoms with E-state index in [-0.39, 0.29) is 6.61 Å². The lowest BCUT2D eigenvalue weighted by atomic mass is 9.91. The largest absolute Gasteiger partial charge is 0.411 e. The normalized spacial score (nSPS) is 18.8. The van der Waals surface area contributed by atoms with Crippen LogP contribution < -0.4 is 5.32 Å². The van der Waals surface area contributed by atoms with E-state index in [1.54, 1.807) is 0 Å². The molecule has 0 amide bonds. The number of rotatable bonds is 7. The van der Waals surface area contributed by atoms with Crippen LogP contribution in [0.15, 0.2) is 12.4 Å². The highest BCUT2D eigenvalue weighted by Crippen LogP contribution is 2.30. The molecule has 21 heavy (non-hydrogen) atoms. The van der Waals surface area contributed by atoms with E-state index in [4.69, 9.17) is 0 Å². The molecule has 0 saturated heterocycles. The number of alkyl halides is 3. The standard InChI is InChI=1S/C15H23F3N2O/c1-2-19-14-6-3-5-12-9-20(10-13(12)14)7-4-8-21-11-15(16,17)18/h9-10,14,19H,2-8,11H2,1H3. The van der Waals surface area contributed by atoms with Gasteiger partial charge in [-0.1, -0.05) is 6.92 Å². The van der Waals surface area contributed by atoms with Gasteiger partial charge < -0.3 is 14.6 Å².